The molecule has 1 aromatic carbocycles. The minimum Gasteiger partial charge on any atom is -0.294 e. The summed E-state index contributed by atoms with van der Waals surface area (Å²) < 4.78 is 0. The summed E-state index contributed by atoms with van der Waals surface area (Å²) in [5.41, 5.74) is 2.19. The maximum absolute atomic E-state index is 12.1. The lowest BCUT2D eigenvalue weighted by molar-refractivity contribution is 0.0993. The number of benzene rings is 1. The van der Waals surface area contributed by atoms with Gasteiger partial charge in [0.1, 0.15) is 0 Å². The zero-order chi connectivity index (χ0) is 13.1. The second-order valence-electron chi connectivity index (χ2n) is 4.02. The van der Waals surface area contributed by atoms with E-state index in [1.807, 2.05) is 6.92 Å². The van der Waals surface area contributed by atoms with E-state index in [0.717, 1.165) is 11.3 Å². The Morgan fingerprint density at radius 3 is 2.72 bits per heavy atom. The molecule has 0 aliphatic rings. The van der Waals surface area contributed by atoms with E-state index in [-0.39, 0.29) is 12.2 Å². The summed E-state index contributed by atoms with van der Waals surface area (Å²) in [7, 11) is 0. The van der Waals surface area contributed by atoms with Crippen molar-refractivity contribution in [2.75, 3.05) is 0 Å². The molecule has 0 bridgehead atoms. The molecular weight excluding hydrogens is 269 g/mol. The first-order valence-corrected chi connectivity index (χ1v) is 6.21. The molecule has 0 N–H and O–H groups in total. The zero-order valence-corrected chi connectivity index (χ0v) is 11.3. The molecule has 0 saturated carbocycles. The molecule has 0 spiro atoms. The molecule has 0 radical (unpaired) electrons. The highest BCUT2D eigenvalue weighted by atomic mass is 35.5. The van der Waals surface area contributed by atoms with Crippen LogP contribution in [0.2, 0.25) is 10.0 Å². The third-order valence-electron chi connectivity index (χ3n) is 2.58. The fourth-order valence-electron chi connectivity index (χ4n) is 1.67. The predicted octanol–water partition coefficient (Wildman–Crippen LogP) is 4.12. The van der Waals surface area contributed by atoms with Crippen molar-refractivity contribution < 1.29 is 4.79 Å². The Hall–Kier alpha value is -1.38. The van der Waals surface area contributed by atoms with E-state index in [2.05, 4.69) is 4.98 Å². The Morgan fingerprint density at radius 1 is 1.22 bits per heavy atom. The number of aromatic nitrogens is 1. The maximum Gasteiger partial charge on any atom is 0.167 e. The quantitative estimate of drug-likeness (QED) is 0.791. The average Bonchev–Trinajstić information content (AvgIpc) is 2.34. The minimum atomic E-state index is 0.00432. The summed E-state index contributed by atoms with van der Waals surface area (Å²) in [5.74, 6) is 0.00432. The van der Waals surface area contributed by atoms with Gasteiger partial charge in [0.05, 0.1) is 0 Å². The molecule has 2 rings (SSSR count). The van der Waals surface area contributed by atoms with Gasteiger partial charge in [0.2, 0.25) is 0 Å². The van der Waals surface area contributed by atoms with Crippen LogP contribution in [-0.4, -0.2) is 10.8 Å². The van der Waals surface area contributed by atoms with Gasteiger partial charge in [-0.15, -0.1) is 0 Å². The Bertz CT molecular complexity index is 596. The van der Waals surface area contributed by atoms with Crippen LogP contribution in [0.15, 0.2) is 36.5 Å². The number of hydrogen-bond donors (Lipinski definition) is 0. The Morgan fingerprint density at radius 2 is 2.00 bits per heavy atom. The molecule has 0 unspecified atom stereocenters. The molecule has 4 heteroatoms. The van der Waals surface area contributed by atoms with Gasteiger partial charge in [-0.25, -0.2) is 0 Å². The summed E-state index contributed by atoms with van der Waals surface area (Å²) in [6.07, 6.45) is 1.87. The first-order valence-electron chi connectivity index (χ1n) is 5.46. The molecule has 18 heavy (non-hydrogen) atoms. The number of ketones is 1. The first kappa shape index (κ1) is 13.1. The van der Waals surface area contributed by atoms with E-state index in [4.69, 9.17) is 23.2 Å². The van der Waals surface area contributed by atoms with Gasteiger partial charge < -0.3 is 0 Å². The molecule has 1 aromatic heterocycles. The molecule has 0 aliphatic carbocycles. The van der Waals surface area contributed by atoms with E-state index in [0.29, 0.717) is 15.6 Å². The summed E-state index contributed by atoms with van der Waals surface area (Å²) in [6.45, 7) is 1.85. The van der Waals surface area contributed by atoms with Crippen LogP contribution >= 0.6 is 23.2 Å². The third kappa shape index (κ3) is 3.09. The molecule has 2 aromatic rings. The third-order valence-corrected chi connectivity index (χ3v) is 3.18. The number of Topliss-reactive ketones (excluding diaryl/α,β-unsaturated/α-hetero) is 1. The van der Waals surface area contributed by atoms with Crippen molar-refractivity contribution in [1.82, 2.24) is 4.98 Å². The number of rotatable bonds is 3. The van der Waals surface area contributed by atoms with Crippen LogP contribution in [-0.2, 0) is 6.42 Å². The predicted molar refractivity (Wildman–Crippen MR) is 73.5 cm³/mol. The molecule has 0 amide bonds. The van der Waals surface area contributed by atoms with Crippen LogP contribution in [0.3, 0.4) is 0 Å². The Balaban J connectivity index is 2.24. The minimum absolute atomic E-state index is 0.00432. The lowest BCUT2D eigenvalue weighted by Crippen LogP contribution is -2.04. The summed E-state index contributed by atoms with van der Waals surface area (Å²) >= 11 is 11.9. The second kappa shape index (κ2) is 5.51. The maximum atomic E-state index is 12.1. The Labute approximate surface area is 116 Å². The number of pyridine rings is 1. The monoisotopic (exact) mass is 279 g/mol. The lowest BCUT2D eigenvalue weighted by atomic mass is 10.0. The topological polar surface area (TPSA) is 30.0 Å². The number of aryl methyl sites for hydroxylation is 1. The largest absolute Gasteiger partial charge is 0.294 e. The van der Waals surface area contributed by atoms with Crippen molar-refractivity contribution in [3.05, 3.63) is 63.4 Å². The number of hydrogen-bond acceptors (Lipinski definition) is 2. The molecule has 92 valence electrons. The van der Waals surface area contributed by atoms with E-state index in [1.54, 1.807) is 36.5 Å². The highest BCUT2D eigenvalue weighted by molar-refractivity contribution is 6.33. The Kier molecular flexibility index (Phi) is 4.00. The first-order chi connectivity index (χ1) is 8.56. The van der Waals surface area contributed by atoms with Gasteiger partial charge in [-0.1, -0.05) is 23.2 Å². The smallest absolute Gasteiger partial charge is 0.167 e. The van der Waals surface area contributed by atoms with E-state index >= 15 is 0 Å². The van der Waals surface area contributed by atoms with Crippen molar-refractivity contribution >= 4 is 29.0 Å². The zero-order valence-electron chi connectivity index (χ0n) is 9.78. The lowest BCUT2D eigenvalue weighted by Gasteiger charge is -2.05. The van der Waals surface area contributed by atoms with E-state index < -0.39 is 0 Å². The van der Waals surface area contributed by atoms with Crippen molar-refractivity contribution in [1.29, 1.82) is 0 Å². The number of nitrogens with zero attached hydrogens (tertiary/aromatic N) is 1. The van der Waals surface area contributed by atoms with Crippen LogP contribution < -0.4 is 0 Å². The van der Waals surface area contributed by atoms with Gasteiger partial charge in [0.15, 0.2) is 5.78 Å². The normalized spacial score (nSPS) is 10.4. The standard InChI is InChI=1S/C14H11Cl2NO/c1-9-6-10(4-5-17-9)14(18)8-11-7-12(15)2-3-13(11)16/h2-7H,8H2,1H3. The molecule has 1 heterocycles. The van der Waals surface area contributed by atoms with Crippen molar-refractivity contribution in [2.24, 2.45) is 0 Å². The van der Waals surface area contributed by atoms with Gasteiger partial charge in [0.25, 0.3) is 0 Å². The highest BCUT2D eigenvalue weighted by Gasteiger charge is 2.10. The molecule has 2 nitrogen and oxygen atoms in total. The number of carbonyl (C=O) groups excluding carboxylic acids is 1. The van der Waals surface area contributed by atoms with Crippen LogP contribution in [0.1, 0.15) is 21.6 Å². The number of halogens is 2. The molecule has 0 fully saturated rings. The molecular formula is C14H11Cl2NO. The van der Waals surface area contributed by atoms with Crippen molar-refractivity contribution in [3.63, 3.8) is 0 Å². The summed E-state index contributed by atoms with van der Waals surface area (Å²) in [5, 5.41) is 1.13. The van der Waals surface area contributed by atoms with Gasteiger partial charge in [0, 0.05) is 33.9 Å². The van der Waals surface area contributed by atoms with Gasteiger partial charge in [-0.3, -0.25) is 9.78 Å². The van der Waals surface area contributed by atoms with E-state index in [1.165, 1.54) is 0 Å². The van der Waals surface area contributed by atoms with Crippen molar-refractivity contribution in [3.8, 4) is 0 Å². The second-order valence-corrected chi connectivity index (χ2v) is 4.87. The molecule has 0 atom stereocenters. The van der Waals surface area contributed by atoms with E-state index in [9.17, 15) is 4.79 Å². The van der Waals surface area contributed by atoms with Crippen LogP contribution in [0.25, 0.3) is 0 Å². The molecule has 0 saturated heterocycles. The summed E-state index contributed by atoms with van der Waals surface area (Å²) in [6, 6.07) is 8.59. The SMILES string of the molecule is Cc1cc(C(=O)Cc2cc(Cl)ccc2Cl)ccn1. The van der Waals surface area contributed by atoms with Gasteiger partial charge in [-0.2, -0.15) is 0 Å². The summed E-state index contributed by atoms with van der Waals surface area (Å²) in [4.78, 5) is 16.2. The van der Waals surface area contributed by atoms with Gasteiger partial charge in [-0.05, 0) is 42.8 Å². The van der Waals surface area contributed by atoms with Crippen LogP contribution in [0, 0.1) is 6.92 Å². The van der Waals surface area contributed by atoms with Crippen LogP contribution in [0.5, 0.6) is 0 Å². The fraction of sp³-hybridized carbons (Fsp3) is 0.143. The average molecular weight is 280 g/mol. The highest BCUT2D eigenvalue weighted by Crippen LogP contribution is 2.22. The fourth-order valence-corrected chi connectivity index (χ4v) is 2.05. The number of carbonyl (C=O) groups is 1. The van der Waals surface area contributed by atoms with Gasteiger partial charge >= 0.3 is 0 Å². The molecule has 0 aliphatic heterocycles. The van der Waals surface area contributed by atoms with Crippen LogP contribution in [0.4, 0.5) is 0 Å². The van der Waals surface area contributed by atoms with Crippen molar-refractivity contribution in [2.45, 2.75) is 13.3 Å².